The van der Waals surface area contributed by atoms with E-state index in [1.807, 2.05) is 0 Å². The van der Waals surface area contributed by atoms with Crippen molar-refractivity contribution in [2.24, 2.45) is 5.73 Å². The minimum absolute atomic E-state index is 0.0495. The predicted octanol–water partition coefficient (Wildman–Crippen LogP) is 3.89. The maximum Gasteiger partial charge on any atom is 0.573 e. The van der Waals surface area contributed by atoms with E-state index in [-0.39, 0.29) is 5.56 Å². The van der Waals surface area contributed by atoms with Crippen LogP contribution in [0.15, 0.2) is 18.2 Å². The maximum atomic E-state index is 12.1. The molecule has 0 amide bonds. The van der Waals surface area contributed by atoms with Gasteiger partial charge in [-0.25, -0.2) is 0 Å². The number of rotatable bonds is 4. The number of alkyl halides is 6. The van der Waals surface area contributed by atoms with Crippen LogP contribution in [0.1, 0.15) is 24.9 Å². The van der Waals surface area contributed by atoms with Crippen LogP contribution in [0.5, 0.6) is 11.5 Å². The molecule has 0 heterocycles. The molecule has 0 saturated heterocycles. The van der Waals surface area contributed by atoms with Gasteiger partial charge in [0.05, 0.1) is 0 Å². The van der Waals surface area contributed by atoms with Gasteiger partial charge in [-0.2, -0.15) is 0 Å². The second-order valence-electron chi connectivity index (χ2n) is 3.85. The van der Waals surface area contributed by atoms with Crippen molar-refractivity contribution in [2.45, 2.75) is 32.1 Å². The highest BCUT2D eigenvalue weighted by molar-refractivity contribution is 5.40. The molecule has 20 heavy (non-hydrogen) atoms. The molecule has 0 aliphatic heterocycles. The van der Waals surface area contributed by atoms with E-state index in [2.05, 4.69) is 9.47 Å². The third-order valence-corrected chi connectivity index (χ3v) is 2.24. The lowest BCUT2D eigenvalue weighted by atomic mass is 10.0. The summed E-state index contributed by atoms with van der Waals surface area (Å²) in [5, 5.41) is 0. The van der Waals surface area contributed by atoms with Gasteiger partial charge in [0.15, 0.2) is 0 Å². The Balaban J connectivity index is 3.14. The van der Waals surface area contributed by atoms with Gasteiger partial charge in [-0.1, -0.05) is 6.92 Å². The first-order chi connectivity index (χ1) is 9.00. The molecule has 0 fully saturated rings. The fraction of sp³-hybridized carbons (Fsp3) is 0.455. The van der Waals surface area contributed by atoms with Crippen molar-refractivity contribution in [2.75, 3.05) is 0 Å². The Labute approximate surface area is 110 Å². The standard InChI is InChI=1S/C11H11F6NO2/c1-2-9(18)6-3-7(19-10(12,13)14)5-8(4-6)20-11(15,16)17/h3-5,9H,2,18H2,1H3/t9-/m0/s1. The van der Waals surface area contributed by atoms with E-state index in [1.165, 1.54) is 0 Å². The van der Waals surface area contributed by atoms with Crippen molar-refractivity contribution in [1.29, 1.82) is 0 Å². The zero-order valence-corrected chi connectivity index (χ0v) is 10.2. The Morgan fingerprint density at radius 2 is 1.35 bits per heavy atom. The first-order valence-corrected chi connectivity index (χ1v) is 5.42. The van der Waals surface area contributed by atoms with Crippen LogP contribution in [-0.4, -0.2) is 12.7 Å². The molecular weight excluding hydrogens is 292 g/mol. The molecule has 114 valence electrons. The summed E-state index contributed by atoms with van der Waals surface area (Å²) in [4.78, 5) is 0. The van der Waals surface area contributed by atoms with E-state index < -0.39 is 30.3 Å². The molecule has 3 nitrogen and oxygen atoms in total. The van der Waals surface area contributed by atoms with E-state index in [0.29, 0.717) is 12.5 Å². The third kappa shape index (κ3) is 5.55. The molecule has 9 heteroatoms. The number of benzene rings is 1. The van der Waals surface area contributed by atoms with Gasteiger partial charge in [0.2, 0.25) is 0 Å². The molecule has 1 aromatic rings. The van der Waals surface area contributed by atoms with Gasteiger partial charge in [-0.15, -0.1) is 26.3 Å². The Morgan fingerprint density at radius 3 is 1.65 bits per heavy atom. The van der Waals surface area contributed by atoms with Gasteiger partial charge < -0.3 is 15.2 Å². The quantitative estimate of drug-likeness (QED) is 0.858. The van der Waals surface area contributed by atoms with Gasteiger partial charge in [-0.3, -0.25) is 0 Å². The van der Waals surface area contributed by atoms with E-state index in [9.17, 15) is 26.3 Å². The van der Waals surface area contributed by atoms with E-state index in [4.69, 9.17) is 5.73 Å². The fourth-order valence-electron chi connectivity index (χ4n) is 1.43. The summed E-state index contributed by atoms with van der Waals surface area (Å²) >= 11 is 0. The second kappa shape index (κ2) is 5.78. The van der Waals surface area contributed by atoms with E-state index in [0.717, 1.165) is 12.1 Å². The minimum Gasteiger partial charge on any atom is -0.406 e. The summed E-state index contributed by atoms with van der Waals surface area (Å²) in [7, 11) is 0. The molecule has 0 radical (unpaired) electrons. The number of ether oxygens (including phenoxy) is 2. The smallest absolute Gasteiger partial charge is 0.406 e. The van der Waals surface area contributed by atoms with Gasteiger partial charge in [-0.05, 0) is 24.1 Å². The van der Waals surface area contributed by atoms with Crippen molar-refractivity contribution in [1.82, 2.24) is 0 Å². The van der Waals surface area contributed by atoms with Crippen molar-refractivity contribution in [3.63, 3.8) is 0 Å². The second-order valence-corrected chi connectivity index (χ2v) is 3.85. The summed E-state index contributed by atoms with van der Waals surface area (Å²) in [5.41, 5.74) is 5.64. The molecule has 0 aliphatic rings. The highest BCUT2D eigenvalue weighted by atomic mass is 19.4. The first kappa shape index (κ1) is 16.4. The average Bonchev–Trinajstić information content (AvgIpc) is 2.22. The molecular formula is C11H11F6NO2. The van der Waals surface area contributed by atoms with Crippen LogP contribution in [0.2, 0.25) is 0 Å². The van der Waals surface area contributed by atoms with Crippen LogP contribution in [0.4, 0.5) is 26.3 Å². The Kier molecular flexibility index (Phi) is 4.74. The monoisotopic (exact) mass is 303 g/mol. The highest BCUT2D eigenvalue weighted by Gasteiger charge is 2.34. The third-order valence-electron chi connectivity index (χ3n) is 2.24. The van der Waals surface area contributed by atoms with Crippen molar-refractivity contribution in [3.8, 4) is 11.5 Å². The van der Waals surface area contributed by atoms with Gasteiger partial charge in [0.1, 0.15) is 11.5 Å². The molecule has 2 N–H and O–H groups in total. The van der Waals surface area contributed by atoms with Gasteiger partial charge in [0, 0.05) is 12.1 Å². The van der Waals surface area contributed by atoms with Crippen LogP contribution < -0.4 is 15.2 Å². The van der Waals surface area contributed by atoms with Gasteiger partial charge >= 0.3 is 12.7 Å². The average molecular weight is 303 g/mol. The number of halogens is 6. The predicted molar refractivity (Wildman–Crippen MR) is 57.0 cm³/mol. The van der Waals surface area contributed by atoms with Crippen LogP contribution in [0.3, 0.4) is 0 Å². The molecule has 1 aromatic carbocycles. The Morgan fingerprint density at radius 1 is 0.950 bits per heavy atom. The fourth-order valence-corrected chi connectivity index (χ4v) is 1.43. The number of nitrogens with two attached hydrogens (primary N) is 1. The zero-order chi connectivity index (χ0) is 15.6. The molecule has 1 rings (SSSR count). The lowest BCUT2D eigenvalue weighted by Crippen LogP contribution is -2.20. The van der Waals surface area contributed by atoms with E-state index >= 15 is 0 Å². The largest absolute Gasteiger partial charge is 0.573 e. The number of hydrogen-bond acceptors (Lipinski definition) is 3. The van der Waals surface area contributed by atoms with Crippen molar-refractivity contribution < 1.29 is 35.8 Å². The zero-order valence-electron chi connectivity index (χ0n) is 10.2. The molecule has 0 unspecified atom stereocenters. The summed E-state index contributed by atoms with van der Waals surface area (Å²) in [6, 6.07) is 1.60. The molecule has 0 saturated carbocycles. The molecule has 0 aromatic heterocycles. The molecule has 0 bridgehead atoms. The summed E-state index contributed by atoms with van der Waals surface area (Å²) < 4.78 is 79.8. The summed E-state index contributed by atoms with van der Waals surface area (Å²) in [6.45, 7) is 1.63. The lowest BCUT2D eigenvalue weighted by Gasteiger charge is -2.16. The van der Waals surface area contributed by atoms with Crippen LogP contribution >= 0.6 is 0 Å². The van der Waals surface area contributed by atoms with Crippen LogP contribution in [0.25, 0.3) is 0 Å². The Bertz CT molecular complexity index is 423. The first-order valence-electron chi connectivity index (χ1n) is 5.42. The topological polar surface area (TPSA) is 44.5 Å². The maximum absolute atomic E-state index is 12.1. The summed E-state index contributed by atoms with van der Waals surface area (Å²) in [6.07, 6.45) is -9.73. The Hall–Kier alpha value is -1.64. The van der Waals surface area contributed by atoms with Crippen molar-refractivity contribution in [3.05, 3.63) is 23.8 Å². The normalized spacial score (nSPS) is 14.0. The molecule has 1 atom stereocenters. The summed E-state index contributed by atoms with van der Waals surface area (Å²) in [5.74, 6) is -1.64. The number of hydrogen-bond donors (Lipinski definition) is 1. The van der Waals surface area contributed by atoms with Crippen LogP contribution in [-0.2, 0) is 0 Å². The molecule has 0 spiro atoms. The van der Waals surface area contributed by atoms with E-state index in [1.54, 1.807) is 6.92 Å². The SMILES string of the molecule is CC[C@H](N)c1cc(OC(F)(F)F)cc(OC(F)(F)F)c1. The lowest BCUT2D eigenvalue weighted by molar-refractivity contribution is -0.276. The van der Waals surface area contributed by atoms with Gasteiger partial charge in [0.25, 0.3) is 0 Å². The highest BCUT2D eigenvalue weighted by Crippen LogP contribution is 2.33. The van der Waals surface area contributed by atoms with Crippen LogP contribution in [0, 0.1) is 0 Å². The molecule has 0 aliphatic carbocycles. The minimum atomic E-state index is -5.02. The van der Waals surface area contributed by atoms with Crippen molar-refractivity contribution >= 4 is 0 Å².